The lowest BCUT2D eigenvalue weighted by Gasteiger charge is -2.18. The molecule has 1 aliphatic heterocycles. The molecule has 2 aliphatic rings. The van der Waals surface area contributed by atoms with Gasteiger partial charge in [0.05, 0.1) is 24.2 Å². The number of nitrogens with zero attached hydrogens (tertiary/aromatic N) is 4. The number of aromatic nitrogens is 3. The Labute approximate surface area is 189 Å². The average Bonchev–Trinajstić information content (AvgIpc) is 3.41. The van der Waals surface area contributed by atoms with Crippen LogP contribution >= 0.6 is 15.9 Å². The summed E-state index contributed by atoms with van der Waals surface area (Å²) in [6.07, 6.45) is 6.85. The molecule has 0 spiro atoms. The molecule has 1 aromatic carbocycles. The first kappa shape index (κ1) is 20.1. The van der Waals surface area contributed by atoms with Crippen LogP contribution in [0.3, 0.4) is 0 Å². The highest BCUT2D eigenvalue weighted by molar-refractivity contribution is 9.10. The van der Waals surface area contributed by atoms with E-state index in [2.05, 4.69) is 44.5 Å². The van der Waals surface area contributed by atoms with Crippen LogP contribution < -0.4 is 0 Å². The van der Waals surface area contributed by atoms with Crippen molar-refractivity contribution < 1.29 is 9.53 Å². The van der Waals surface area contributed by atoms with Crippen molar-refractivity contribution in [3.8, 4) is 5.69 Å². The zero-order valence-corrected chi connectivity index (χ0v) is 19.1. The first-order valence-corrected chi connectivity index (χ1v) is 11.2. The standard InChI is InChI=1S/C24H23BrN4O2/c1-24(10-11-24)20-14-27-23-18(7-9-21(30)31-2)28-22(17-5-3-4-12-26-17)16-13-15(25)6-8-19(16)29(20)23/h3-6,8,12-14,18H,7,9-11H2,1-2H3/t18-/m0/s1. The van der Waals surface area contributed by atoms with Gasteiger partial charge in [-0.25, -0.2) is 4.98 Å². The van der Waals surface area contributed by atoms with Crippen molar-refractivity contribution in [3.05, 3.63) is 76.0 Å². The fourth-order valence-corrected chi connectivity index (χ4v) is 4.52. The number of carbonyl (C=O) groups excluding carboxylic acids is 1. The lowest BCUT2D eigenvalue weighted by Crippen LogP contribution is -2.14. The highest BCUT2D eigenvalue weighted by Crippen LogP contribution is 2.49. The van der Waals surface area contributed by atoms with Crippen molar-refractivity contribution in [2.75, 3.05) is 7.11 Å². The number of benzene rings is 1. The molecule has 1 aliphatic carbocycles. The van der Waals surface area contributed by atoms with E-state index in [1.54, 1.807) is 6.20 Å². The van der Waals surface area contributed by atoms with Crippen LogP contribution in [-0.2, 0) is 14.9 Å². The lowest BCUT2D eigenvalue weighted by molar-refractivity contribution is -0.140. The van der Waals surface area contributed by atoms with Gasteiger partial charge in [-0.15, -0.1) is 0 Å². The van der Waals surface area contributed by atoms with Crippen LogP contribution in [0.5, 0.6) is 0 Å². The zero-order chi connectivity index (χ0) is 21.6. The maximum Gasteiger partial charge on any atom is 0.305 e. The largest absolute Gasteiger partial charge is 0.469 e. The summed E-state index contributed by atoms with van der Waals surface area (Å²) < 4.78 is 8.12. The molecule has 0 radical (unpaired) electrons. The molecule has 0 unspecified atom stereocenters. The van der Waals surface area contributed by atoms with Crippen molar-refractivity contribution in [2.24, 2.45) is 4.99 Å². The van der Waals surface area contributed by atoms with E-state index in [1.165, 1.54) is 12.8 Å². The average molecular weight is 479 g/mol. The summed E-state index contributed by atoms with van der Waals surface area (Å²) in [6, 6.07) is 11.8. The second kappa shape index (κ2) is 7.71. The second-order valence-electron chi connectivity index (χ2n) is 8.38. The number of carbonyl (C=O) groups is 1. The quantitative estimate of drug-likeness (QED) is 0.487. The summed E-state index contributed by atoms with van der Waals surface area (Å²) in [7, 11) is 1.42. The molecule has 158 valence electrons. The van der Waals surface area contributed by atoms with Gasteiger partial charge in [-0.3, -0.25) is 19.3 Å². The predicted molar refractivity (Wildman–Crippen MR) is 122 cm³/mol. The summed E-state index contributed by atoms with van der Waals surface area (Å²) in [5.74, 6) is 0.619. The molecule has 31 heavy (non-hydrogen) atoms. The number of imidazole rings is 1. The first-order valence-electron chi connectivity index (χ1n) is 10.4. The van der Waals surface area contributed by atoms with Crippen LogP contribution in [0.2, 0.25) is 0 Å². The first-order chi connectivity index (χ1) is 15.0. The van der Waals surface area contributed by atoms with Crippen LogP contribution in [0, 0.1) is 0 Å². The molecular formula is C24H23BrN4O2. The number of ether oxygens (including phenoxy) is 1. The number of esters is 1. The molecule has 0 amide bonds. The maximum absolute atomic E-state index is 11.9. The Hall–Kier alpha value is -2.80. The minimum absolute atomic E-state index is 0.123. The number of hydrogen-bond acceptors (Lipinski definition) is 5. The van der Waals surface area contributed by atoms with Crippen molar-refractivity contribution >= 4 is 27.6 Å². The van der Waals surface area contributed by atoms with Gasteiger partial charge in [0.1, 0.15) is 11.9 Å². The molecule has 3 aromatic rings. The van der Waals surface area contributed by atoms with Crippen LogP contribution in [0.15, 0.2) is 58.3 Å². The summed E-state index contributed by atoms with van der Waals surface area (Å²) in [5, 5.41) is 0. The van der Waals surface area contributed by atoms with Crippen molar-refractivity contribution in [1.29, 1.82) is 0 Å². The van der Waals surface area contributed by atoms with Gasteiger partial charge in [0.25, 0.3) is 0 Å². The monoisotopic (exact) mass is 478 g/mol. The van der Waals surface area contributed by atoms with Gasteiger partial charge >= 0.3 is 5.97 Å². The summed E-state index contributed by atoms with van der Waals surface area (Å²) in [5.41, 5.74) is 4.98. The maximum atomic E-state index is 11.9. The number of rotatable bonds is 5. The highest BCUT2D eigenvalue weighted by atomic mass is 79.9. The number of methoxy groups -OCH3 is 1. The number of hydrogen-bond donors (Lipinski definition) is 0. The van der Waals surface area contributed by atoms with Crippen LogP contribution in [0.1, 0.15) is 61.4 Å². The van der Waals surface area contributed by atoms with Gasteiger partial charge in [0, 0.05) is 40.0 Å². The minimum Gasteiger partial charge on any atom is -0.469 e. The van der Waals surface area contributed by atoms with E-state index in [0.717, 1.165) is 45.8 Å². The van der Waals surface area contributed by atoms with Crippen LogP contribution in [0.25, 0.3) is 5.69 Å². The summed E-state index contributed by atoms with van der Waals surface area (Å²) in [6.45, 7) is 2.28. The smallest absolute Gasteiger partial charge is 0.305 e. The normalized spacial score (nSPS) is 18.4. The molecule has 2 aromatic heterocycles. The molecule has 6 nitrogen and oxygen atoms in total. The molecule has 1 saturated carbocycles. The van der Waals surface area contributed by atoms with E-state index in [1.807, 2.05) is 30.5 Å². The third-order valence-electron chi connectivity index (χ3n) is 6.20. The fraction of sp³-hybridized carbons (Fsp3) is 0.333. The topological polar surface area (TPSA) is 69.4 Å². The van der Waals surface area contributed by atoms with Gasteiger partial charge in [-0.05, 0) is 49.6 Å². The molecule has 0 bridgehead atoms. The Kier molecular flexibility index (Phi) is 5.01. The van der Waals surface area contributed by atoms with Crippen LogP contribution in [0.4, 0.5) is 0 Å². The van der Waals surface area contributed by atoms with Gasteiger partial charge in [-0.2, -0.15) is 0 Å². The Balaban J connectivity index is 1.74. The van der Waals surface area contributed by atoms with E-state index in [4.69, 9.17) is 14.7 Å². The fourth-order valence-electron chi connectivity index (χ4n) is 4.16. The number of pyridine rings is 1. The van der Waals surface area contributed by atoms with E-state index in [0.29, 0.717) is 6.42 Å². The predicted octanol–water partition coefficient (Wildman–Crippen LogP) is 4.93. The molecule has 1 fully saturated rings. The van der Waals surface area contributed by atoms with E-state index >= 15 is 0 Å². The van der Waals surface area contributed by atoms with Gasteiger partial charge in [0.15, 0.2) is 0 Å². The molecule has 7 heteroatoms. The highest BCUT2D eigenvalue weighted by Gasteiger charge is 2.44. The van der Waals surface area contributed by atoms with E-state index < -0.39 is 0 Å². The molecule has 5 rings (SSSR count). The summed E-state index contributed by atoms with van der Waals surface area (Å²) >= 11 is 3.63. The Bertz CT molecular complexity index is 1180. The molecule has 3 heterocycles. The Morgan fingerprint density at radius 1 is 1.26 bits per heavy atom. The van der Waals surface area contributed by atoms with E-state index in [-0.39, 0.29) is 23.8 Å². The Morgan fingerprint density at radius 3 is 2.81 bits per heavy atom. The summed E-state index contributed by atoms with van der Waals surface area (Å²) in [4.78, 5) is 26.5. The molecular weight excluding hydrogens is 456 g/mol. The SMILES string of the molecule is COC(=O)CC[C@@H]1N=C(c2ccccn2)c2cc(Br)ccc2-n2c(C3(C)CC3)cnc21. The minimum atomic E-state index is -0.279. The second-order valence-corrected chi connectivity index (χ2v) is 9.30. The zero-order valence-electron chi connectivity index (χ0n) is 17.5. The molecule has 0 N–H and O–H groups in total. The van der Waals surface area contributed by atoms with Crippen molar-refractivity contribution in [2.45, 2.75) is 44.1 Å². The molecule has 1 atom stereocenters. The van der Waals surface area contributed by atoms with Crippen molar-refractivity contribution in [3.63, 3.8) is 0 Å². The van der Waals surface area contributed by atoms with Gasteiger partial charge in [-0.1, -0.05) is 28.9 Å². The number of fused-ring (bicyclic) bond motifs is 3. The van der Waals surface area contributed by atoms with Crippen molar-refractivity contribution in [1.82, 2.24) is 14.5 Å². The van der Waals surface area contributed by atoms with E-state index in [9.17, 15) is 4.79 Å². The third kappa shape index (κ3) is 3.61. The number of halogens is 1. The molecule has 0 saturated heterocycles. The Morgan fingerprint density at radius 2 is 2.10 bits per heavy atom. The number of aliphatic imine (C=N–C) groups is 1. The van der Waals surface area contributed by atoms with Gasteiger partial charge < -0.3 is 4.74 Å². The van der Waals surface area contributed by atoms with Crippen LogP contribution in [-0.4, -0.2) is 33.3 Å². The lowest BCUT2D eigenvalue weighted by atomic mass is 10.0. The third-order valence-corrected chi connectivity index (χ3v) is 6.70. The van der Waals surface area contributed by atoms with Gasteiger partial charge in [0.2, 0.25) is 0 Å².